The van der Waals surface area contributed by atoms with E-state index in [9.17, 15) is 4.79 Å². The Hall–Kier alpha value is -3.03. The summed E-state index contributed by atoms with van der Waals surface area (Å²) in [6, 6.07) is 7.54. The standard InChI is InChI=1S/C25H26Cl2N4O3/c1-4-21(32)30-17-7-5-6-15(17)12-28-25-29-13-16-10-14(8-9-18(16)31-25)22-23(26)19(33-2)11-20(34-3)24(22)27/h4,8-11,13,15,17H,1,5-7,12H2,2-3H3,(H,30,32)(H,28,29,31)/t15?,17-/m1/s1. The third-order valence-electron chi connectivity index (χ3n) is 6.14. The van der Waals surface area contributed by atoms with Crippen LogP contribution >= 0.6 is 23.2 Å². The van der Waals surface area contributed by atoms with Crippen LogP contribution in [0.25, 0.3) is 22.0 Å². The van der Waals surface area contributed by atoms with Crippen LogP contribution in [0.1, 0.15) is 19.3 Å². The van der Waals surface area contributed by atoms with Gasteiger partial charge in [-0.25, -0.2) is 9.97 Å². The van der Waals surface area contributed by atoms with Gasteiger partial charge in [0.15, 0.2) is 0 Å². The average Bonchev–Trinajstić information content (AvgIpc) is 3.29. The highest BCUT2D eigenvalue weighted by atomic mass is 35.5. The Morgan fingerprint density at radius 2 is 1.91 bits per heavy atom. The van der Waals surface area contributed by atoms with Crippen LogP contribution in [-0.4, -0.2) is 42.7 Å². The lowest BCUT2D eigenvalue weighted by Gasteiger charge is -2.20. The predicted octanol–water partition coefficient (Wildman–Crippen LogP) is 5.50. The first kappa shape index (κ1) is 24.1. The van der Waals surface area contributed by atoms with Crippen LogP contribution in [0.3, 0.4) is 0 Å². The molecule has 1 unspecified atom stereocenters. The fourth-order valence-corrected chi connectivity index (χ4v) is 5.07. The number of benzene rings is 2. The highest BCUT2D eigenvalue weighted by Crippen LogP contribution is 2.46. The zero-order chi connectivity index (χ0) is 24.2. The molecular formula is C25H26Cl2N4O3. The van der Waals surface area contributed by atoms with E-state index in [0.29, 0.717) is 45.5 Å². The van der Waals surface area contributed by atoms with Gasteiger partial charge in [0.25, 0.3) is 0 Å². The van der Waals surface area contributed by atoms with E-state index in [1.807, 2.05) is 18.2 Å². The summed E-state index contributed by atoms with van der Waals surface area (Å²) in [5.74, 6) is 1.67. The van der Waals surface area contributed by atoms with E-state index < -0.39 is 0 Å². The van der Waals surface area contributed by atoms with E-state index in [0.717, 1.165) is 35.7 Å². The largest absolute Gasteiger partial charge is 0.495 e. The van der Waals surface area contributed by atoms with Gasteiger partial charge in [-0.1, -0.05) is 42.3 Å². The van der Waals surface area contributed by atoms with E-state index in [4.69, 9.17) is 32.7 Å². The number of fused-ring (bicyclic) bond motifs is 1. The summed E-state index contributed by atoms with van der Waals surface area (Å²) in [6.07, 6.45) is 6.16. The molecule has 2 atom stereocenters. The Bertz CT molecular complexity index is 1210. The first-order valence-corrected chi connectivity index (χ1v) is 11.7. The minimum Gasteiger partial charge on any atom is -0.495 e. The number of nitrogens with one attached hydrogen (secondary N) is 2. The number of nitrogens with zero attached hydrogens (tertiary/aromatic N) is 2. The number of hydrogen-bond acceptors (Lipinski definition) is 6. The number of rotatable bonds is 8. The van der Waals surface area contributed by atoms with Crippen LogP contribution in [0, 0.1) is 5.92 Å². The minimum absolute atomic E-state index is 0.135. The molecule has 0 radical (unpaired) electrons. The van der Waals surface area contributed by atoms with Crippen LogP contribution in [0.2, 0.25) is 10.0 Å². The van der Waals surface area contributed by atoms with Crippen molar-refractivity contribution >= 4 is 46.0 Å². The normalized spacial score (nSPS) is 17.4. The summed E-state index contributed by atoms with van der Waals surface area (Å²) in [6.45, 7) is 4.21. The van der Waals surface area contributed by atoms with E-state index in [2.05, 4.69) is 27.2 Å². The van der Waals surface area contributed by atoms with Crippen molar-refractivity contribution in [2.24, 2.45) is 5.92 Å². The second kappa shape index (κ2) is 10.5. The van der Waals surface area contributed by atoms with Crippen molar-refractivity contribution in [2.45, 2.75) is 25.3 Å². The molecule has 3 aromatic rings. The number of amides is 1. The van der Waals surface area contributed by atoms with Gasteiger partial charge in [-0.15, -0.1) is 0 Å². The van der Waals surface area contributed by atoms with Gasteiger partial charge in [-0.2, -0.15) is 0 Å². The lowest BCUT2D eigenvalue weighted by molar-refractivity contribution is -0.117. The maximum atomic E-state index is 11.7. The van der Waals surface area contributed by atoms with Gasteiger partial charge in [0.1, 0.15) is 11.5 Å². The quantitative estimate of drug-likeness (QED) is 0.397. The Morgan fingerprint density at radius 3 is 2.59 bits per heavy atom. The second-order valence-corrected chi connectivity index (χ2v) is 8.90. The number of halogens is 2. The molecule has 0 bridgehead atoms. The van der Waals surface area contributed by atoms with Crippen molar-refractivity contribution in [3.63, 3.8) is 0 Å². The molecule has 1 saturated carbocycles. The third kappa shape index (κ3) is 4.91. The van der Waals surface area contributed by atoms with Crippen LogP contribution in [-0.2, 0) is 4.79 Å². The van der Waals surface area contributed by atoms with Gasteiger partial charge in [-0.05, 0) is 42.5 Å². The molecule has 4 rings (SSSR count). The summed E-state index contributed by atoms with van der Waals surface area (Å²) in [5, 5.41) is 7.98. The molecule has 1 fully saturated rings. The second-order valence-electron chi connectivity index (χ2n) is 8.14. The molecule has 0 saturated heterocycles. The van der Waals surface area contributed by atoms with Gasteiger partial charge >= 0.3 is 0 Å². The highest BCUT2D eigenvalue weighted by Gasteiger charge is 2.28. The lowest BCUT2D eigenvalue weighted by Crippen LogP contribution is -2.38. The smallest absolute Gasteiger partial charge is 0.243 e. The fourth-order valence-electron chi connectivity index (χ4n) is 4.35. The topological polar surface area (TPSA) is 85.4 Å². The molecule has 9 heteroatoms. The Labute approximate surface area is 208 Å². The zero-order valence-corrected chi connectivity index (χ0v) is 20.5. The molecule has 7 nitrogen and oxygen atoms in total. The first-order valence-electron chi connectivity index (χ1n) is 11.0. The van der Waals surface area contributed by atoms with Crippen molar-refractivity contribution in [3.8, 4) is 22.6 Å². The number of carbonyl (C=O) groups excluding carboxylic acids is 1. The van der Waals surface area contributed by atoms with E-state index in [1.165, 1.54) is 6.08 Å². The summed E-state index contributed by atoms with van der Waals surface area (Å²) < 4.78 is 10.8. The summed E-state index contributed by atoms with van der Waals surface area (Å²) in [7, 11) is 3.09. The van der Waals surface area contributed by atoms with Crippen molar-refractivity contribution in [1.82, 2.24) is 15.3 Å². The zero-order valence-electron chi connectivity index (χ0n) is 19.0. The molecule has 1 aromatic heterocycles. The van der Waals surface area contributed by atoms with Crippen molar-refractivity contribution < 1.29 is 14.3 Å². The van der Waals surface area contributed by atoms with Crippen LogP contribution in [0.5, 0.6) is 11.5 Å². The number of methoxy groups -OCH3 is 2. The number of anilines is 1. The maximum absolute atomic E-state index is 11.7. The Morgan fingerprint density at radius 1 is 1.18 bits per heavy atom. The molecule has 178 valence electrons. The SMILES string of the molecule is C=CC(=O)N[C@@H]1CCCC1CNc1ncc2cc(-c3c(Cl)c(OC)cc(OC)c3Cl)ccc2n1. The molecule has 1 aliphatic carbocycles. The van der Waals surface area contributed by atoms with Gasteiger partial charge in [0.2, 0.25) is 11.9 Å². The molecule has 0 spiro atoms. The van der Waals surface area contributed by atoms with Crippen molar-refractivity contribution in [3.05, 3.63) is 53.2 Å². The number of carbonyl (C=O) groups is 1. The molecule has 1 heterocycles. The molecule has 0 aliphatic heterocycles. The van der Waals surface area contributed by atoms with Crippen molar-refractivity contribution in [2.75, 3.05) is 26.1 Å². The van der Waals surface area contributed by atoms with E-state index in [1.54, 1.807) is 26.5 Å². The van der Waals surface area contributed by atoms with Crippen LogP contribution in [0.4, 0.5) is 5.95 Å². The van der Waals surface area contributed by atoms with Gasteiger partial charge in [0.05, 0.1) is 29.8 Å². The lowest BCUT2D eigenvalue weighted by atomic mass is 10.0. The summed E-state index contributed by atoms with van der Waals surface area (Å²) in [5.41, 5.74) is 2.21. The third-order valence-corrected chi connectivity index (χ3v) is 6.89. The Kier molecular flexibility index (Phi) is 7.44. The molecule has 1 aliphatic rings. The molecule has 2 N–H and O–H groups in total. The molecular weight excluding hydrogens is 475 g/mol. The van der Waals surface area contributed by atoms with Crippen LogP contribution < -0.4 is 20.1 Å². The summed E-state index contributed by atoms with van der Waals surface area (Å²) >= 11 is 13.1. The van der Waals surface area contributed by atoms with Gasteiger partial charge in [0, 0.05) is 35.8 Å². The average molecular weight is 501 g/mol. The molecule has 2 aromatic carbocycles. The number of ether oxygens (including phenoxy) is 2. The number of hydrogen-bond donors (Lipinski definition) is 2. The summed E-state index contributed by atoms with van der Waals surface area (Å²) in [4.78, 5) is 20.8. The highest BCUT2D eigenvalue weighted by molar-refractivity contribution is 6.41. The first-order chi connectivity index (χ1) is 16.4. The molecule has 1 amide bonds. The predicted molar refractivity (Wildman–Crippen MR) is 136 cm³/mol. The Balaban J connectivity index is 1.55. The van der Waals surface area contributed by atoms with Crippen molar-refractivity contribution in [1.29, 1.82) is 0 Å². The monoisotopic (exact) mass is 500 g/mol. The van der Waals surface area contributed by atoms with Gasteiger partial charge in [-0.3, -0.25) is 4.79 Å². The number of aromatic nitrogens is 2. The van der Waals surface area contributed by atoms with Gasteiger partial charge < -0.3 is 20.1 Å². The molecule has 34 heavy (non-hydrogen) atoms. The van der Waals surface area contributed by atoms with E-state index >= 15 is 0 Å². The maximum Gasteiger partial charge on any atom is 0.243 e. The van der Waals surface area contributed by atoms with E-state index in [-0.39, 0.29) is 11.9 Å². The fraction of sp³-hybridized carbons (Fsp3) is 0.320. The van der Waals surface area contributed by atoms with Crippen LogP contribution in [0.15, 0.2) is 43.1 Å². The minimum atomic E-state index is -0.136.